The molecular weight excluding hydrogens is 252 g/mol. The summed E-state index contributed by atoms with van der Waals surface area (Å²) in [6, 6.07) is 5.98. The molecule has 3 rings (SSSR count). The van der Waals surface area contributed by atoms with E-state index in [9.17, 15) is 9.90 Å². The van der Waals surface area contributed by atoms with Crippen LogP contribution in [0.3, 0.4) is 0 Å². The standard InChI is InChI=1S/C16H20N2O2/c1-10-6-7-14-12(8-10)9-11-4-3-5-13(16(19)20)17-15(11)18(14)2/h6-8,13,17H,3-5,9H2,1-2H3,(H,19,20). The Morgan fingerprint density at radius 2 is 2.25 bits per heavy atom. The predicted molar refractivity (Wildman–Crippen MR) is 78.7 cm³/mol. The molecule has 20 heavy (non-hydrogen) atoms. The Morgan fingerprint density at radius 1 is 1.45 bits per heavy atom. The van der Waals surface area contributed by atoms with E-state index in [0.717, 1.165) is 25.1 Å². The van der Waals surface area contributed by atoms with E-state index in [1.165, 1.54) is 22.4 Å². The van der Waals surface area contributed by atoms with Gasteiger partial charge in [0.25, 0.3) is 0 Å². The molecular formula is C16H20N2O2. The van der Waals surface area contributed by atoms with Crippen LogP contribution in [0, 0.1) is 6.92 Å². The summed E-state index contributed by atoms with van der Waals surface area (Å²) < 4.78 is 0. The number of carboxylic acid groups (broad SMARTS) is 1. The van der Waals surface area contributed by atoms with E-state index >= 15 is 0 Å². The lowest BCUT2D eigenvalue weighted by Gasteiger charge is -2.33. The van der Waals surface area contributed by atoms with Crippen molar-refractivity contribution in [3.63, 3.8) is 0 Å². The maximum absolute atomic E-state index is 11.3. The molecule has 1 atom stereocenters. The highest BCUT2D eigenvalue weighted by Crippen LogP contribution is 2.35. The summed E-state index contributed by atoms with van der Waals surface area (Å²) in [5.74, 6) is 0.230. The number of hydrogen-bond acceptors (Lipinski definition) is 3. The van der Waals surface area contributed by atoms with Crippen LogP contribution in [0.15, 0.2) is 29.6 Å². The minimum absolute atomic E-state index is 0.475. The Balaban J connectivity index is 1.98. The van der Waals surface area contributed by atoms with E-state index in [-0.39, 0.29) is 0 Å². The minimum Gasteiger partial charge on any atom is -0.480 e. The second kappa shape index (κ2) is 4.85. The molecule has 0 bridgehead atoms. The summed E-state index contributed by atoms with van der Waals surface area (Å²) in [4.78, 5) is 13.4. The molecule has 4 heteroatoms. The fraction of sp³-hybridized carbons (Fsp3) is 0.438. The third-order valence-corrected chi connectivity index (χ3v) is 4.25. The van der Waals surface area contributed by atoms with E-state index in [1.54, 1.807) is 0 Å². The second-order valence-electron chi connectivity index (χ2n) is 5.75. The van der Waals surface area contributed by atoms with Gasteiger partial charge in [0.15, 0.2) is 0 Å². The number of aryl methyl sites for hydroxylation is 1. The Bertz CT molecular complexity index is 592. The third kappa shape index (κ3) is 2.15. The molecule has 0 aromatic heterocycles. The van der Waals surface area contributed by atoms with Gasteiger partial charge in [-0.05, 0) is 49.8 Å². The normalized spacial score (nSPS) is 21.7. The van der Waals surface area contributed by atoms with Crippen molar-refractivity contribution in [3.8, 4) is 0 Å². The third-order valence-electron chi connectivity index (χ3n) is 4.25. The number of benzene rings is 1. The molecule has 2 aliphatic heterocycles. The van der Waals surface area contributed by atoms with Gasteiger partial charge < -0.3 is 15.3 Å². The van der Waals surface area contributed by atoms with Gasteiger partial charge in [0, 0.05) is 12.7 Å². The summed E-state index contributed by atoms with van der Waals surface area (Å²) in [6.45, 7) is 2.11. The van der Waals surface area contributed by atoms with Crippen molar-refractivity contribution >= 4 is 11.7 Å². The van der Waals surface area contributed by atoms with Crippen LogP contribution in [0.4, 0.5) is 5.69 Å². The van der Waals surface area contributed by atoms with Gasteiger partial charge in [-0.25, -0.2) is 4.79 Å². The molecule has 0 saturated heterocycles. The number of carboxylic acids is 1. The van der Waals surface area contributed by atoms with E-state index in [1.807, 2.05) is 7.05 Å². The van der Waals surface area contributed by atoms with E-state index in [0.29, 0.717) is 6.42 Å². The van der Waals surface area contributed by atoms with Crippen molar-refractivity contribution in [2.75, 3.05) is 11.9 Å². The first-order chi connectivity index (χ1) is 9.56. The molecule has 2 heterocycles. The lowest BCUT2D eigenvalue weighted by molar-refractivity contribution is -0.139. The van der Waals surface area contributed by atoms with Crippen LogP contribution >= 0.6 is 0 Å². The molecule has 0 saturated carbocycles. The number of carbonyl (C=O) groups is 1. The average Bonchev–Trinajstić information content (AvgIpc) is 2.61. The van der Waals surface area contributed by atoms with Crippen LogP contribution in [-0.2, 0) is 11.2 Å². The van der Waals surface area contributed by atoms with Crippen molar-refractivity contribution in [2.24, 2.45) is 0 Å². The lowest BCUT2D eigenvalue weighted by atomic mass is 9.94. The maximum atomic E-state index is 11.3. The maximum Gasteiger partial charge on any atom is 0.326 e. The van der Waals surface area contributed by atoms with Crippen molar-refractivity contribution in [1.82, 2.24) is 5.32 Å². The minimum atomic E-state index is -0.762. The van der Waals surface area contributed by atoms with Crippen molar-refractivity contribution in [3.05, 3.63) is 40.7 Å². The van der Waals surface area contributed by atoms with Crippen LogP contribution < -0.4 is 10.2 Å². The molecule has 0 fully saturated rings. The largest absolute Gasteiger partial charge is 0.480 e. The highest BCUT2D eigenvalue weighted by molar-refractivity contribution is 5.74. The first-order valence-corrected chi connectivity index (χ1v) is 7.11. The van der Waals surface area contributed by atoms with Gasteiger partial charge in [0.05, 0.1) is 0 Å². The number of anilines is 1. The van der Waals surface area contributed by atoms with Crippen molar-refractivity contribution < 1.29 is 9.90 Å². The molecule has 106 valence electrons. The Hall–Kier alpha value is -1.97. The summed E-state index contributed by atoms with van der Waals surface area (Å²) in [5, 5.41) is 12.5. The SMILES string of the molecule is Cc1ccc2c(c1)CC1=C(NC(C(=O)O)CCC1)N2C. The first kappa shape index (κ1) is 13.0. The van der Waals surface area contributed by atoms with Gasteiger partial charge in [-0.1, -0.05) is 17.7 Å². The van der Waals surface area contributed by atoms with Crippen molar-refractivity contribution in [2.45, 2.75) is 38.6 Å². The highest BCUT2D eigenvalue weighted by Gasteiger charge is 2.29. The summed E-state index contributed by atoms with van der Waals surface area (Å²) >= 11 is 0. The number of fused-ring (bicyclic) bond motifs is 1. The van der Waals surface area contributed by atoms with E-state index in [2.05, 4.69) is 35.3 Å². The predicted octanol–water partition coefficient (Wildman–Crippen LogP) is 2.43. The molecule has 4 nitrogen and oxygen atoms in total. The Labute approximate surface area is 119 Å². The van der Waals surface area contributed by atoms with Gasteiger partial charge in [0.1, 0.15) is 11.9 Å². The number of rotatable bonds is 1. The number of nitrogens with one attached hydrogen (secondary N) is 1. The molecule has 1 unspecified atom stereocenters. The fourth-order valence-corrected chi connectivity index (χ4v) is 3.20. The number of allylic oxidation sites excluding steroid dienone is 1. The first-order valence-electron chi connectivity index (χ1n) is 7.11. The van der Waals surface area contributed by atoms with Gasteiger partial charge >= 0.3 is 5.97 Å². The highest BCUT2D eigenvalue weighted by atomic mass is 16.4. The van der Waals surface area contributed by atoms with Gasteiger partial charge in [-0.3, -0.25) is 0 Å². The van der Waals surface area contributed by atoms with Gasteiger partial charge in [0.2, 0.25) is 0 Å². The van der Waals surface area contributed by atoms with Gasteiger partial charge in [-0.15, -0.1) is 0 Å². The lowest BCUT2D eigenvalue weighted by Crippen LogP contribution is -2.42. The molecule has 0 radical (unpaired) electrons. The summed E-state index contributed by atoms with van der Waals surface area (Å²) in [7, 11) is 2.01. The summed E-state index contributed by atoms with van der Waals surface area (Å²) in [6.07, 6.45) is 3.52. The number of nitrogens with zero attached hydrogens (tertiary/aromatic N) is 1. The topological polar surface area (TPSA) is 52.6 Å². The Kier molecular flexibility index (Phi) is 3.16. The average molecular weight is 272 g/mol. The second-order valence-corrected chi connectivity index (χ2v) is 5.75. The summed E-state index contributed by atoms with van der Waals surface area (Å²) in [5.41, 5.74) is 5.11. The zero-order valence-electron chi connectivity index (χ0n) is 11.9. The molecule has 2 N–H and O–H groups in total. The fourth-order valence-electron chi connectivity index (χ4n) is 3.20. The quantitative estimate of drug-likeness (QED) is 0.824. The van der Waals surface area contributed by atoms with Crippen molar-refractivity contribution in [1.29, 1.82) is 0 Å². The molecule has 0 amide bonds. The molecule has 1 aromatic carbocycles. The Morgan fingerprint density at radius 3 is 3.00 bits per heavy atom. The number of hydrogen-bond donors (Lipinski definition) is 2. The van der Waals surface area contributed by atoms with E-state index in [4.69, 9.17) is 0 Å². The zero-order chi connectivity index (χ0) is 14.3. The van der Waals surface area contributed by atoms with Crippen LogP contribution in [0.1, 0.15) is 30.4 Å². The van der Waals surface area contributed by atoms with Crippen LogP contribution in [0.2, 0.25) is 0 Å². The monoisotopic (exact) mass is 272 g/mol. The number of aliphatic carboxylic acids is 1. The van der Waals surface area contributed by atoms with Gasteiger partial charge in [-0.2, -0.15) is 0 Å². The van der Waals surface area contributed by atoms with E-state index < -0.39 is 12.0 Å². The smallest absolute Gasteiger partial charge is 0.326 e. The molecule has 2 aliphatic rings. The van der Waals surface area contributed by atoms with Crippen LogP contribution in [0.25, 0.3) is 0 Å². The van der Waals surface area contributed by atoms with Crippen LogP contribution in [-0.4, -0.2) is 24.2 Å². The molecule has 0 spiro atoms. The zero-order valence-corrected chi connectivity index (χ0v) is 11.9. The molecule has 0 aliphatic carbocycles. The van der Waals surface area contributed by atoms with Crippen LogP contribution in [0.5, 0.6) is 0 Å². The molecule has 1 aromatic rings.